The van der Waals surface area contributed by atoms with Crippen molar-refractivity contribution in [2.45, 2.75) is 125 Å². The molecule has 0 spiro atoms. The van der Waals surface area contributed by atoms with Crippen LogP contribution < -0.4 is 4.90 Å². The van der Waals surface area contributed by atoms with Gasteiger partial charge in [-0.25, -0.2) is 0 Å². The predicted octanol–water partition coefficient (Wildman–Crippen LogP) is 21.1. The van der Waals surface area contributed by atoms with E-state index in [-0.39, 0.29) is 0 Å². The zero-order valence-corrected chi connectivity index (χ0v) is 41.8. The molecule has 0 fully saturated rings. The van der Waals surface area contributed by atoms with Crippen LogP contribution in [0.1, 0.15) is 125 Å². The summed E-state index contributed by atoms with van der Waals surface area (Å²) in [6.45, 7) is 36.0. The molecule has 0 unspecified atom stereocenters. The van der Waals surface area contributed by atoms with Crippen molar-refractivity contribution >= 4 is 17.1 Å². The van der Waals surface area contributed by atoms with Gasteiger partial charge in [0.1, 0.15) is 0 Å². The van der Waals surface area contributed by atoms with Gasteiger partial charge in [-0.15, -0.1) is 0 Å². The van der Waals surface area contributed by atoms with Crippen molar-refractivity contribution in [1.82, 2.24) is 0 Å². The smallest absolute Gasteiger partial charge is 0.0540 e. The average molecular weight is 820 g/mol. The number of benzene rings is 7. The minimum atomic E-state index is 1.12. The van der Waals surface area contributed by atoms with Gasteiger partial charge >= 0.3 is 0 Å². The number of hydrogen-bond donors (Lipinski definition) is 0. The fraction of sp³-hybridized carbons (Fsp3) is 0.300. The molecule has 1 nitrogen and oxygen atoms in total. The number of para-hydroxylation sites is 2. The first-order valence-corrected chi connectivity index (χ1v) is 23.7. The van der Waals surface area contributed by atoms with Crippen LogP contribution in [0.2, 0.25) is 0 Å². The highest BCUT2D eigenvalue weighted by atomic mass is 15.1. The van der Waals surface area contributed by atoms with Gasteiger partial charge in [-0.1, -0.05) is 258 Å². The second kappa shape index (κ2) is 41.1. The van der Waals surface area contributed by atoms with Gasteiger partial charge in [0.05, 0.1) is 5.69 Å². The SMILES string of the molecule is CC.CC.CC.CC.CC.CC.CC.CC.CC.c1ccc(-c2cc(-c3ccccc3)cc(-c3ccc(N(c4ccccc4)c4ccccc4)c(-c4ccccc4)c3)c2)cc1. The minimum absolute atomic E-state index is 1.12. The first kappa shape index (κ1) is 59.7. The molecule has 330 valence electrons. The number of rotatable bonds is 7. The van der Waals surface area contributed by atoms with Crippen LogP contribution in [0.25, 0.3) is 44.5 Å². The minimum Gasteiger partial charge on any atom is -0.310 e. The molecule has 0 bridgehead atoms. The van der Waals surface area contributed by atoms with Gasteiger partial charge in [-0.3, -0.25) is 0 Å². The van der Waals surface area contributed by atoms with Crippen LogP contribution in [0.3, 0.4) is 0 Å². The summed E-state index contributed by atoms with van der Waals surface area (Å²) >= 11 is 0. The zero-order chi connectivity index (χ0) is 46.8. The molecule has 0 aliphatic heterocycles. The number of hydrogen-bond acceptors (Lipinski definition) is 1. The van der Waals surface area contributed by atoms with Gasteiger partial charge in [0.25, 0.3) is 0 Å². The third-order valence-corrected chi connectivity index (χ3v) is 7.83. The Morgan fingerprint density at radius 1 is 0.213 bits per heavy atom. The summed E-state index contributed by atoms with van der Waals surface area (Å²) < 4.78 is 0. The average Bonchev–Trinajstić information content (AvgIpc) is 3.41. The highest BCUT2D eigenvalue weighted by molar-refractivity contribution is 5.91. The fourth-order valence-corrected chi connectivity index (χ4v) is 5.73. The van der Waals surface area contributed by atoms with Gasteiger partial charge in [0.15, 0.2) is 0 Å². The Morgan fingerprint density at radius 2 is 0.475 bits per heavy atom. The molecule has 0 aliphatic rings. The highest BCUT2D eigenvalue weighted by Crippen LogP contribution is 2.43. The maximum atomic E-state index is 2.35. The maximum Gasteiger partial charge on any atom is 0.0540 e. The molecule has 0 atom stereocenters. The third kappa shape index (κ3) is 19.5. The second-order valence-corrected chi connectivity index (χ2v) is 10.6. The van der Waals surface area contributed by atoms with Crippen LogP contribution in [0.4, 0.5) is 17.1 Å². The lowest BCUT2D eigenvalue weighted by molar-refractivity contribution is 1.28. The van der Waals surface area contributed by atoms with Gasteiger partial charge < -0.3 is 4.90 Å². The summed E-state index contributed by atoms with van der Waals surface area (Å²) in [5.41, 5.74) is 12.9. The van der Waals surface area contributed by atoms with E-state index in [4.69, 9.17) is 0 Å². The van der Waals surface area contributed by atoms with Crippen LogP contribution in [-0.4, -0.2) is 0 Å². The first-order chi connectivity index (χ1) is 30.3. The summed E-state index contributed by atoms with van der Waals surface area (Å²) in [6, 6.07) is 67.1. The van der Waals surface area contributed by atoms with Crippen molar-refractivity contribution in [3.05, 3.63) is 188 Å². The van der Waals surface area contributed by atoms with Crippen LogP contribution in [0.5, 0.6) is 0 Å². The summed E-state index contributed by atoms with van der Waals surface area (Å²) in [6.07, 6.45) is 0. The Bertz CT molecular complexity index is 1840. The van der Waals surface area contributed by atoms with Crippen LogP contribution in [-0.2, 0) is 0 Å². The van der Waals surface area contributed by atoms with Gasteiger partial charge in [0, 0.05) is 16.9 Å². The van der Waals surface area contributed by atoms with E-state index in [0.717, 1.165) is 17.1 Å². The maximum absolute atomic E-state index is 2.35. The van der Waals surface area contributed by atoms with E-state index in [2.05, 4.69) is 193 Å². The highest BCUT2D eigenvalue weighted by Gasteiger charge is 2.18. The molecule has 0 radical (unpaired) electrons. The van der Waals surface area contributed by atoms with Crippen LogP contribution >= 0.6 is 0 Å². The van der Waals surface area contributed by atoms with E-state index in [1.54, 1.807) is 0 Å². The van der Waals surface area contributed by atoms with E-state index in [0.29, 0.717) is 0 Å². The van der Waals surface area contributed by atoms with Crippen molar-refractivity contribution in [2.24, 2.45) is 0 Å². The number of nitrogens with zero attached hydrogens (tertiary/aromatic N) is 1. The molecule has 7 rings (SSSR count). The molecule has 0 N–H and O–H groups in total. The Morgan fingerprint density at radius 3 is 0.787 bits per heavy atom. The third-order valence-electron chi connectivity index (χ3n) is 7.83. The molecule has 7 aromatic carbocycles. The molecular formula is C60H85N. The van der Waals surface area contributed by atoms with E-state index >= 15 is 0 Å². The molecule has 1 heteroatoms. The van der Waals surface area contributed by atoms with Gasteiger partial charge in [-0.05, 0) is 93.5 Å². The van der Waals surface area contributed by atoms with Crippen molar-refractivity contribution in [2.75, 3.05) is 4.90 Å². The second-order valence-electron chi connectivity index (χ2n) is 10.6. The molecule has 0 saturated heterocycles. The molecule has 0 aliphatic carbocycles. The number of anilines is 3. The topological polar surface area (TPSA) is 3.24 Å². The molecule has 0 aromatic heterocycles. The summed E-state index contributed by atoms with van der Waals surface area (Å²) in [4.78, 5) is 2.35. The monoisotopic (exact) mass is 820 g/mol. The van der Waals surface area contributed by atoms with Crippen molar-refractivity contribution in [3.8, 4) is 44.5 Å². The normalized spacial score (nSPS) is 8.49. The van der Waals surface area contributed by atoms with Crippen molar-refractivity contribution < 1.29 is 0 Å². The summed E-state index contributed by atoms with van der Waals surface area (Å²) in [7, 11) is 0. The lowest BCUT2D eigenvalue weighted by atomic mass is 9.91. The lowest BCUT2D eigenvalue weighted by Crippen LogP contribution is -2.11. The molecule has 0 saturated carbocycles. The largest absolute Gasteiger partial charge is 0.310 e. The standard InChI is InChI=1S/C42H31N.9C2H6/c1-6-16-32(17-7-1)36-28-37(33-18-8-2-9-19-33)30-38(29-36)35-26-27-42(41(31-35)34-20-10-3-11-21-34)43(39-22-12-4-13-23-39)40-24-14-5-15-25-40;9*1-2/h1-31H;9*1-2H3. The molecule has 61 heavy (non-hydrogen) atoms. The molecular weight excluding hydrogens is 735 g/mol. The van der Waals surface area contributed by atoms with E-state index in [1.165, 1.54) is 44.5 Å². The molecule has 7 aromatic rings. The fourth-order valence-electron chi connectivity index (χ4n) is 5.73. The first-order valence-electron chi connectivity index (χ1n) is 23.7. The Balaban J connectivity index is -0.00000167. The predicted molar refractivity (Wildman–Crippen MR) is 285 cm³/mol. The summed E-state index contributed by atoms with van der Waals surface area (Å²) in [5, 5.41) is 0. The van der Waals surface area contributed by atoms with Crippen LogP contribution in [0, 0.1) is 0 Å². The van der Waals surface area contributed by atoms with E-state index in [1.807, 2.05) is 125 Å². The van der Waals surface area contributed by atoms with Gasteiger partial charge in [0.2, 0.25) is 0 Å². The lowest BCUT2D eigenvalue weighted by Gasteiger charge is -2.28. The van der Waals surface area contributed by atoms with Crippen molar-refractivity contribution in [1.29, 1.82) is 0 Å². The Labute approximate surface area is 377 Å². The Hall–Kier alpha value is -5.66. The molecule has 0 amide bonds. The van der Waals surface area contributed by atoms with E-state index < -0.39 is 0 Å². The summed E-state index contributed by atoms with van der Waals surface area (Å²) in [5.74, 6) is 0. The quantitative estimate of drug-likeness (QED) is 0.155. The van der Waals surface area contributed by atoms with Crippen molar-refractivity contribution in [3.63, 3.8) is 0 Å². The molecule has 0 heterocycles. The van der Waals surface area contributed by atoms with Gasteiger partial charge in [-0.2, -0.15) is 0 Å². The van der Waals surface area contributed by atoms with Crippen LogP contribution in [0.15, 0.2) is 188 Å². The zero-order valence-electron chi connectivity index (χ0n) is 41.8. The van der Waals surface area contributed by atoms with E-state index in [9.17, 15) is 0 Å². The Kier molecular flexibility index (Phi) is 40.2.